The quantitative estimate of drug-likeness (QED) is 0.515. The van der Waals surface area contributed by atoms with Crippen LogP contribution in [0.2, 0.25) is 19.1 Å². The van der Waals surface area contributed by atoms with Crippen LogP contribution >= 0.6 is 0 Å². The summed E-state index contributed by atoms with van der Waals surface area (Å²) in [4.78, 5) is 0. The molecule has 0 heterocycles. The molecule has 0 amide bonds. The Morgan fingerprint density at radius 2 is 1.48 bits per heavy atom. The summed E-state index contributed by atoms with van der Waals surface area (Å²) in [6, 6.07) is 23.0. The summed E-state index contributed by atoms with van der Waals surface area (Å²) in [7, 11) is -1.37. The largest absolute Gasteiger partial charge is 0.0873 e. The van der Waals surface area contributed by atoms with Gasteiger partial charge < -0.3 is 0 Å². The molecule has 0 aliphatic carbocycles. The Kier molecular flexibility index (Phi) is 5.19. The van der Waals surface area contributed by atoms with Crippen molar-refractivity contribution in [3.8, 4) is 0 Å². The highest BCUT2D eigenvalue weighted by molar-refractivity contribution is 6.90. The Hall–Kier alpha value is -1.60. The third kappa shape index (κ3) is 4.18. The van der Waals surface area contributed by atoms with Gasteiger partial charge in [0.05, 0.1) is 8.07 Å². The van der Waals surface area contributed by atoms with Crippen molar-refractivity contribution in [3.05, 3.63) is 77.9 Å². The molecule has 2 aromatic rings. The van der Waals surface area contributed by atoms with Gasteiger partial charge in [0.2, 0.25) is 0 Å². The van der Waals surface area contributed by atoms with Gasteiger partial charge >= 0.3 is 0 Å². The van der Waals surface area contributed by atoms with Crippen LogP contribution in [0.4, 0.5) is 0 Å². The fraction of sp³-hybridized carbons (Fsp3) is 0.300. The van der Waals surface area contributed by atoms with Gasteiger partial charge in [-0.05, 0) is 18.5 Å². The number of allylic oxidation sites excluding steroid dienone is 2. The first-order valence-corrected chi connectivity index (χ1v) is 11.0. The van der Waals surface area contributed by atoms with E-state index in [0.717, 1.165) is 0 Å². The highest BCUT2D eigenvalue weighted by Gasteiger charge is 2.21. The molecule has 0 spiro atoms. The normalized spacial score (nSPS) is 14.0. The first kappa shape index (κ1) is 15.8. The summed E-state index contributed by atoms with van der Waals surface area (Å²) in [5.74, 6) is 0.506. The lowest BCUT2D eigenvalue weighted by atomic mass is 9.94. The molecule has 0 aliphatic rings. The molecule has 0 N–H and O–H groups in total. The maximum Gasteiger partial charge on any atom is 0.0843 e. The maximum atomic E-state index is 2.47. The third-order valence-corrected chi connectivity index (χ3v) is 7.59. The van der Waals surface area contributed by atoms with Crippen LogP contribution in [-0.4, -0.2) is 8.07 Å². The first-order chi connectivity index (χ1) is 10.0. The van der Waals surface area contributed by atoms with Gasteiger partial charge in [-0.15, -0.1) is 0 Å². The van der Waals surface area contributed by atoms with Gasteiger partial charge in [0, 0.05) is 5.92 Å². The zero-order valence-corrected chi connectivity index (χ0v) is 14.6. The standard InChI is InChI=1S/C20H26Si/c1-17(18(2)19-11-7-5-8-12-19)15-16-21(3,4)20-13-9-6-10-14-20/h5-15,18H,16H2,1-4H3/b17-15-. The molecule has 21 heavy (non-hydrogen) atoms. The summed E-state index contributed by atoms with van der Waals surface area (Å²) >= 11 is 0. The molecule has 0 aliphatic heterocycles. The predicted molar refractivity (Wildman–Crippen MR) is 97.0 cm³/mol. The SMILES string of the molecule is C/C(=C/C[Si](C)(C)c1ccccc1)C(C)c1ccccc1. The van der Waals surface area contributed by atoms with Crippen LogP contribution in [0.25, 0.3) is 0 Å². The summed E-state index contributed by atoms with van der Waals surface area (Å²) in [5, 5.41) is 1.54. The molecule has 0 fully saturated rings. The van der Waals surface area contributed by atoms with E-state index in [0.29, 0.717) is 5.92 Å². The summed E-state index contributed by atoms with van der Waals surface area (Å²) in [6.07, 6.45) is 2.47. The minimum atomic E-state index is -1.37. The van der Waals surface area contributed by atoms with Crippen LogP contribution in [0.1, 0.15) is 25.3 Å². The van der Waals surface area contributed by atoms with Gasteiger partial charge in [-0.3, -0.25) is 0 Å². The Morgan fingerprint density at radius 3 is 2.05 bits per heavy atom. The van der Waals surface area contributed by atoms with Crippen LogP contribution in [0.5, 0.6) is 0 Å². The van der Waals surface area contributed by atoms with E-state index in [1.54, 1.807) is 5.19 Å². The van der Waals surface area contributed by atoms with Crippen molar-refractivity contribution in [1.82, 2.24) is 0 Å². The molecule has 0 nitrogen and oxygen atoms in total. The highest BCUT2D eigenvalue weighted by atomic mass is 28.3. The van der Waals surface area contributed by atoms with E-state index in [1.807, 2.05) is 0 Å². The minimum absolute atomic E-state index is 0.506. The Morgan fingerprint density at radius 1 is 0.952 bits per heavy atom. The molecule has 1 atom stereocenters. The van der Waals surface area contributed by atoms with Crippen molar-refractivity contribution in [2.24, 2.45) is 0 Å². The molecule has 0 saturated heterocycles. The van der Waals surface area contributed by atoms with Crippen molar-refractivity contribution in [3.63, 3.8) is 0 Å². The van der Waals surface area contributed by atoms with Crippen LogP contribution < -0.4 is 5.19 Å². The van der Waals surface area contributed by atoms with Gasteiger partial charge in [0.25, 0.3) is 0 Å². The van der Waals surface area contributed by atoms with Crippen LogP contribution in [0.3, 0.4) is 0 Å². The molecular weight excluding hydrogens is 268 g/mol. The summed E-state index contributed by atoms with van der Waals surface area (Å²) < 4.78 is 0. The molecule has 0 bridgehead atoms. The minimum Gasteiger partial charge on any atom is -0.0873 e. The first-order valence-electron chi connectivity index (χ1n) is 7.78. The van der Waals surface area contributed by atoms with Crippen molar-refractivity contribution >= 4 is 13.3 Å². The number of hydrogen-bond donors (Lipinski definition) is 0. The van der Waals surface area contributed by atoms with Crippen LogP contribution in [0.15, 0.2) is 72.3 Å². The zero-order chi connectivity index (χ0) is 15.3. The van der Waals surface area contributed by atoms with Gasteiger partial charge in [-0.2, -0.15) is 0 Å². The highest BCUT2D eigenvalue weighted by Crippen LogP contribution is 2.24. The second kappa shape index (κ2) is 6.90. The van der Waals surface area contributed by atoms with Crippen molar-refractivity contribution < 1.29 is 0 Å². The lowest BCUT2D eigenvalue weighted by Gasteiger charge is -2.22. The number of hydrogen-bond acceptors (Lipinski definition) is 0. The Labute approximate surface area is 130 Å². The van der Waals surface area contributed by atoms with E-state index in [4.69, 9.17) is 0 Å². The molecule has 0 saturated carbocycles. The van der Waals surface area contributed by atoms with Crippen molar-refractivity contribution in [1.29, 1.82) is 0 Å². The van der Waals surface area contributed by atoms with Crippen LogP contribution in [-0.2, 0) is 0 Å². The average molecular weight is 295 g/mol. The van der Waals surface area contributed by atoms with Gasteiger partial charge in [0.1, 0.15) is 0 Å². The van der Waals surface area contributed by atoms with Crippen molar-refractivity contribution in [2.75, 3.05) is 0 Å². The van der Waals surface area contributed by atoms with Gasteiger partial charge in [-0.1, -0.05) is 97.5 Å². The lowest BCUT2D eigenvalue weighted by molar-refractivity contribution is 0.890. The summed E-state index contributed by atoms with van der Waals surface area (Å²) in [5.41, 5.74) is 2.89. The molecule has 1 unspecified atom stereocenters. The fourth-order valence-corrected chi connectivity index (χ4v) is 4.77. The molecule has 2 rings (SSSR count). The molecule has 2 aromatic carbocycles. The lowest BCUT2D eigenvalue weighted by Crippen LogP contribution is -2.40. The average Bonchev–Trinajstić information content (AvgIpc) is 2.53. The molecule has 1 heteroatoms. The molecule has 0 radical (unpaired) electrons. The van der Waals surface area contributed by atoms with Crippen LogP contribution in [0, 0.1) is 0 Å². The third-order valence-electron chi connectivity index (χ3n) is 4.47. The monoisotopic (exact) mass is 294 g/mol. The van der Waals surface area contributed by atoms with E-state index in [2.05, 4.69) is 93.7 Å². The zero-order valence-electron chi connectivity index (χ0n) is 13.6. The van der Waals surface area contributed by atoms with Gasteiger partial charge in [-0.25, -0.2) is 0 Å². The van der Waals surface area contributed by atoms with E-state index in [1.165, 1.54) is 17.2 Å². The summed E-state index contributed by atoms with van der Waals surface area (Å²) in [6.45, 7) is 9.49. The molecule has 110 valence electrons. The second-order valence-electron chi connectivity index (χ2n) is 6.53. The van der Waals surface area contributed by atoms with Crippen molar-refractivity contribution in [2.45, 2.75) is 38.9 Å². The number of rotatable bonds is 5. The second-order valence-corrected chi connectivity index (χ2v) is 11.3. The number of benzene rings is 2. The molecular formula is C20H26Si. The Bertz CT molecular complexity index is 582. The predicted octanol–water partition coefficient (Wildman–Crippen LogP) is 5.35. The van der Waals surface area contributed by atoms with E-state index < -0.39 is 8.07 Å². The van der Waals surface area contributed by atoms with Gasteiger partial charge in [0.15, 0.2) is 0 Å². The Balaban J connectivity index is 2.10. The van der Waals surface area contributed by atoms with E-state index >= 15 is 0 Å². The fourth-order valence-electron chi connectivity index (χ4n) is 2.60. The van der Waals surface area contributed by atoms with E-state index in [9.17, 15) is 0 Å². The maximum absolute atomic E-state index is 2.47. The topological polar surface area (TPSA) is 0 Å². The smallest absolute Gasteiger partial charge is 0.0843 e. The molecule has 0 aromatic heterocycles. The van der Waals surface area contributed by atoms with E-state index in [-0.39, 0.29) is 0 Å².